The lowest BCUT2D eigenvalue weighted by molar-refractivity contribution is -0.118. The molecule has 1 fully saturated rings. The number of carbonyl (C=O) groups excluding carboxylic acids is 1. The van der Waals surface area contributed by atoms with Crippen LogP contribution in [0.1, 0.15) is 18.4 Å². The van der Waals surface area contributed by atoms with Crippen LogP contribution < -0.4 is 5.32 Å². The summed E-state index contributed by atoms with van der Waals surface area (Å²) in [5, 5.41) is 7.28. The number of para-hydroxylation sites is 1. The zero-order chi connectivity index (χ0) is 16.6. The van der Waals surface area contributed by atoms with E-state index in [1.54, 1.807) is 18.0 Å². The van der Waals surface area contributed by atoms with Crippen LogP contribution >= 0.6 is 11.8 Å². The molecule has 0 aliphatic carbocycles. The number of hydrogen-bond acceptors (Lipinski definition) is 4. The van der Waals surface area contributed by atoms with E-state index in [4.69, 9.17) is 0 Å². The summed E-state index contributed by atoms with van der Waals surface area (Å²) in [6.07, 6.45) is 6.31. The lowest BCUT2D eigenvalue weighted by Crippen LogP contribution is -2.26. The van der Waals surface area contributed by atoms with E-state index >= 15 is 0 Å². The van der Waals surface area contributed by atoms with E-state index in [1.807, 2.05) is 41.2 Å². The Hall–Kier alpha value is -1.79. The van der Waals surface area contributed by atoms with Gasteiger partial charge in [-0.25, -0.2) is 4.68 Å². The first kappa shape index (κ1) is 17.0. The molecule has 1 aliphatic heterocycles. The highest BCUT2D eigenvalue weighted by Gasteiger charge is 2.11. The van der Waals surface area contributed by atoms with Gasteiger partial charge in [0, 0.05) is 31.2 Å². The smallest absolute Gasteiger partial charge is 0.230 e. The highest BCUT2D eigenvalue weighted by molar-refractivity contribution is 7.99. The highest BCUT2D eigenvalue weighted by atomic mass is 32.2. The normalized spacial score (nSPS) is 14.8. The molecule has 1 aromatic carbocycles. The molecule has 1 aliphatic rings. The van der Waals surface area contributed by atoms with E-state index in [0.717, 1.165) is 23.5 Å². The predicted molar refractivity (Wildman–Crippen MR) is 98.4 cm³/mol. The van der Waals surface area contributed by atoms with Crippen LogP contribution in [0.4, 0.5) is 0 Å². The van der Waals surface area contributed by atoms with Crippen molar-refractivity contribution in [2.45, 2.75) is 19.4 Å². The molecule has 6 heteroatoms. The molecule has 3 rings (SSSR count). The third kappa shape index (κ3) is 4.85. The Bertz CT molecular complexity index is 638. The summed E-state index contributed by atoms with van der Waals surface area (Å²) in [4.78, 5) is 14.5. The first-order chi connectivity index (χ1) is 11.8. The lowest BCUT2D eigenvalue weighted by atomic mass is 10.2. The maximum atomic E-state index is 12.0. The van der Waals surface area contributed by atoms with Crippen LogP contribution in [0.2, 0.25) is 0 Å². The number of thioether (sulfide) groups is 1. The minimum atomic E-state index is 0.0942. The van der Waals surface area contributed by atoms with Crippen molar-refractivity contribution in [3.05, 3.63) is 48.3 Å². The van der Waals surface area contributed by atoms with Gasteiger partial charge >= 0.3 is 0 Å². The number of aromatic nitrogens is 2. The molecule has 24 heavy (non-hydrogen) atoms. The number of likely N-dealkylation sites (tertiary alicyclic amines) is 1. The van der Waals surface area contributed by atoms with Gasteiger partial charge in [-0.1, -0.05) is 18.2 Å². The minimum Gasteiger partial charge on any atom is -0.351 e. The number of carbonyl (C=O) groups is 1. The van der Waals surface area contributed by atoms with Gasteiger partial charge in [-0.3, -0.25) is 4.79 Å². The summed E-state index contributed by atoms with van der Waals surface area (Å²) in [7, 11) is 0. The second-order valence-electron chi connectivity index (χ2n) is 5.96. The van der Waals surface area contributed by atoms with E-state index in [2.05, 4.69) is 15.3 Å². The number of nitrogens with one attached hydrogen (secondary N) is 1. The largest absolute Gasteiger partial charge is 0.351 e. The summed E-state index contributed by atoms with van der Waals surface area (Å²) >= 11 is 1.71. The van der Waals surface area contributed by atoms with E-state index in [0.29, 0.717) is 12.3 Å². The summed E-state index contributed by atoms with van der Waals surface area (Å²) in [5.41, 5.74) is 2.07. The number of amides is 1. The van der Waals surface area contributed by atoms with Crippen molar-refractivity contribution in [3.63, 3.8) is 0 Å². The van der Waals surface area contributed by atoms with Gasteiger partial charge < -0.3 is 10.2 Å². The summed E-state index contributed by atoms with van der Waals surface area (Å²) in [6.45, 7) is 4.07. The number of hydrogen-bond donors (Lipinski definition) is 1. The van der Waals surface area contributed by atoms with E-state index in [-0.39, 0.29) is 5.91 Å². The van der Waals surface area contributed by atoms with Crippen molar-refractivity contribution in [2.75, 3.05) is 31.1 Å². The number of rotatable bonds is 8. The molecule has 2 aromatic rings. The third-order valence-corrected chi connectivity index (χ3v) is 5.14. The summed E-state index contributed by atoms with van der Waals surface area (Å²) < 4.78 is 1.83. The van der Waals surface area contributed by atoms with Gasteiger partial charge in [-0.15, -0.1) is 0 Å². The molecule has 1 N–H and O–H groups in total. The zero-order valence-electron chi connectivity index (χ0n) is 13.9. The molecule has 1 aromatic heterocycles. The molecule has 0 bridgehead atoms. The Labute approximate surface area is 147 Å². The predicted octanol–water partition coefficient (Wildman–Crippen LogP) is 2.32. The number of nitrogens with zero attached hydrogens (tertiary/aromatic N) is 3. The fourth-order valence-electron chi connectivity index (χ4n) is 2.90. The van der Waals surface area contributed by atoms with Gasteiger partial charge in [-0.05, 0) is 43.6 Å². The fourth-order valence-corrected chi connectivity index (χ4v) is 3.72. The molecule has 0 saturated carbocycles. The van der Waals surface area contributed by atoms with Crippen molar-refractivity contribution in [3.8, 4) is 5.69 Å². The molecule has 0 unspecified atom stereocenters. The second kappa shape index (κ2) is 8.89. The van der Waals surface area contributed by atoms with Gasteiger partial charge in [0.15, 0.2) is 0 Å². The highest BCUT2D eigenvalue weighted by Crippen LogP contribution is 2.13. The third-order valence-electron chi connectivity index (χ3n) is 4.20. The summed E-state index contributed by atoms with van der Waals surface area (Å²) in [5.74, 6) is 1.64. The van der Waals surface area contributed by atoms with Crippen molar-refractivity contribution in [1.82, 2.24) is 20.0 Å². The fraction of sp³-hybridized carbons (Fsp3) is 0.444. The molecule has 128 valence electrons. The Kier molecular flexibility index (Phi) is 6.32. The molecule has 1 saturated heterocycles. The topological polar surface area (TPSA) is 50.2 Å². The van der Waals surface area contributed by atoms with Crippen LogP contribution in [-0.2, 0) is 11.3 Å². The zero-order valence-corrected chi connectivity index (χ0v) is 14.7. The molecule has 0 atom stereocenters. The SMILES string of the molecule is O=C(CSCCN1CCCC1)NCc1ccccc1-n1cccn1. The van der Waals surface area contributed by atoms with Gasteiger partial charge in [0.1, 0.15) is 0 Å². The van der Waals surface area contributed by atoms with E-state index < -0.39 is 0 Å². The molecule has 5 nitrogen and oxygen atoms in total. The Morgan fingerprint density at radius 1 is 1.21 bits per heavy atom. The van der Waals surface area contributed by atoms with Gasteiger partial charge in [0.05, 0.1) is 11.4 Å². The Morgan fingerprint density at radius 2 is 2.04 bits per heavy atom. The Balaban J connectivity index is 1.41. The van der Waals surface area contributed by atoms with Crippen LogP contribution in [-0.4, -0.2) is 51.7 Å². The minimum absolute atomic E-state index is 0.0942. The lowest BCUT2D eigenvalue weighted by Gasteiger charge is -2.14. The molecular weight excluding hydrogens is 320 g/mol. The maximum Gasteiger partial charge on any atom is 0.230 e. The standard InChI is InChI=1S/C18H24N4OS/c23-18(15-24-13-12-21-9-3-4-10-21)19-14-16-6-1-2-7-17(16)22-11-5-8-20-22/h1-2,5-8,11H,3-4,9-10,12-15H2,(H,19,23). The van der Waals surface area contributed by atoms with E-state index in [9.17, 15) is 4.79 Å². The van der Waals surface area contributed by atoms with Gasteiger partial charge in [0.2, 0.25) is 5.91 Å². The second-order valence-corrected chi connectivity index (χ2v) is 7.06. The van der Waals surface area contributed by atoms with Gasteiger partial charge in [-0.2, -0.15) is 16.9 Å². The van der Waals surface area contributed by atoms with Crippen LogP contribution in [0.25, 0.3) is 5.69 Å². The monoisotopic (exact) mass is 344 g/mol. The Morgan fingerprint density at radius 3 is 2.83 bits per heavy atom. The van der Waals surface area contributed by atoms with Crippen molar-refractivity contribution in [1.29, 1.82) is 0 Å². The van der Waals surface area contributed by atoms with Crippen LogP contribution in [0, 0.1) is 0 Å². The molecule has 0 radical (unpaired) electrons. The summed E-state index contributed by atoms with van der Waals surface area (Å²) in [6, 6.07) is 9.90. The van der Waals surface area contributed by atoms with Crippen LogP contribution in [0.3, 0.4) is 0 Å². The average Bonchev–Trinajstić information content (AvgIpc) is 3.30. The van der Waals surface area contributed by atoms with Crippen LogP contribution in [0.15, 0.2) is 42.7 Å². The van der Waals surface area contributed by atoms with Crippen molar-refractivity contribution in [2.24, 2.45) is 0 Å². The first-order valence-corrected chi connectivity index (χ1v) is 9.63. The molecule has 0 spiro atoms. The van der Waals surface area contributed by atoms with E-state index in [1.165, 1.54) is 25.9 Å². The van der Waals surface area contributed by atoms with Crippen molar-refractivity contribution < 1.29 is 4.79 Å². The molecule has 2 heterocycles. The number of benzene rings is 1. The quantitative estimate of drug-likeness (QED) is 0.747. The first-order valence-electron chi connectivity index (χ1n) is 8.47. The van der Waals surface area contributed by atoms with Crippen molar-refractivity contribution >= 4 is 17.7 Å². The van der Waals surface area contributed by atoms with Crippen LogP contribution in [0.5, 0.6) is 0 Å². The molecule has 1 amide bonds. The van der Waals surface area contributed by atoms with Gasteiger partial charge in [0.25, 0.3) is 0 Å². The maximum absolute atomic E-state index is 12.0. The molecular formula is C18H24N4OS. The average molecular weight is 344 g/mol.